The molecule has 6 heteroatoms. The molecule has 0 aromatic carbocycles. The zero-order valence-electron chi connectivity index (χ0n) is 10.1. The van der Waals surface area contributed by atoms with E-state index in [1.165, 1.54) is 14.0 Å². The number of hydrogen-bond donors (Lipinski definition) is 2. The molecule has 1 saturated carbocycles. The van der Waals surface area contributed by atoms with Crippen molar-refractivity contribution in [2.45, 2.75) is 32.6 Å². The van der Waals surface area contributed by atoms with Gasteiger partial charge in [-0.15, -0.1) is 0 Å². The lowest BCUT2D eigenvalue weighted by Gasteiger charge is -2.28. The van der Waals surface area contributed by atoms with Gasteiger partial charge in [-0.1, -0.05) is 12.8 Å². The molecule has 2 amide bonds. The molecule has 1 fully saturated rings. The number of nitrogens with one attached hydrogen (secondary N) is 2. The van der Waals surface area contributed by atoms with Crippen molar-refractivity contribution in [2.24, 2.45) is 11.8 Å². The van der Waals surface area contributed by atoms with Gasteiger partial charge in [0.2, 0.25) is 11.8 Å². The predicted molar refractivity (Wildman–Crippen MR) is 59.4 cm³/mol. The van der Waals surface area contributed by atoms with Crippen LogP contribution in [0.5, 0.6) is 0 Å². The van der Waals surface area contributed by atoms with Crippen molar-refractivity contribution < 1.29 is 19.1 Å². The molecule has 1 rings (SSSR count). The van der Waals surface area contributed by atoms with Gasteiger partial charge in [-0.3, -0.25) is 25.2 Å². The summed E-state index contributed by atoms with van der Waals surface area (Å²) in [5, 5.41) is 0. The minimum atomic E-state index is -0.414. The van der Waals surface area contributed by atoms with Crippen LogP contribution >= 0.6 is 0 Å². The van der Waals surface area contributed by atoms with Gasteiger partial charge in [0.15, 0.2) is 0 Å². The maximum absolute atomic E-state index is 11.8. The number of hydrazine groups is 1. The van der Waals surface area contributed by atoms with Crippen LogP contribution < -0.4 is 10.9 Å². The molecular weight excluding hydrogens is 224 g/mol. The van der Waals surface area contributed by atoms with Gasteiger partial charge in [-0.05, 0) is 12.8 Å². The molecule has 0 bridgehead atoms. The lowest BCUT2D eigenvalue weighted by Crippen LogP contribution is -2.47. The fourth-order valence-electron chi connectivity index (χ4n) is 2.12. The standard InChI is InChI=1S/C11H18N2O4/c1-7(14)12-13-10(15)8-5-3-4-6-9(8)11(16)17-2/h8-9H,3-6H2,1-2H3,(H,12,14)(H,13,15). The molecule has 0 aromatic rings. The minimum absolute atomic E-state index is 0.324. The van der Waals surface area contributed by atoms with Gasteiger partial charge >= 0.3 is 5.97 Å². The van der Waals surface area contributed by atoms with Crippen LogP contribution in [0.1, 0.15) is 32.6 Å². The van der Waals surface area contributed by atoms with Crippen molar-refractivity contribution in [3.05, 3.63) is 0 Å². The second-order valence-electron chi connectivity index (χ2n) is 4.19. The van der Waals surface area contributed by atoms with Gasteiger partial charge in [0, 0.05) is 6.92 Å². The summed E-state index contributed by atoms with van der Waals surface area (Å²) in [7, 11) is 1.32. The first-order valence-corrected chi connectivity index (χ1v) is 5.70. The van der Waals surface area contributed by atoms with E-state index >= 15 is 0 Å². The van der Waals surface area contributed by atoms with E-state index in [1.54, 1.807) is 0 Å². The summed E-state index contributed by atoms with van der Waals surface area (Å²) in [6.45, 7) is 1.30. The Morgan fingerprint density at radius 1 is 1.06 bits per heavy atom. The molecule has 0 radical (unpaired) electrons. The smallest absolute Gasteiger partial charge is 0.309 e. The molecule has 1 aliphatic carbocycles. The summed E-state index contributed by atoms with van der Waals surface area (Å²) in [6, 6.07) is 0. The third kappa shape index (κ3) is 3.72. The van der Waals surface area contributed by atoms with E-state index in [1.807, 2.05) is 0 Å². The largest absolute Gasteiger partial charge is 0.469 e. The Balaban J connectivity index is 2.60. The second kappa shape index (κ2) is 6.22. The SMILES string of the molecule is COC(=O)C1CCCCC1C(=O)NNC(C)=O. The summed E-state index contributed by atoms with van der Waals surface area (Å²) in [4.78, 5) is 34.0. The van der Waals surface area contributed by atoms with Crippen LogP contribution in [0.25, 0.3) is 0 Å². The highest BCUT2D eigenvalue weighted by atomic mass is 16.5. The summed E-state index contributed by atoms with van der Waals surface area (Å²) >= 11 is 0. The number of ether oxygens (including phenoxy) is 1. The van der Waals surface area contributed by atoms with E-state index in [2.05, 4.69) is 15.6 Å². The van der Waals surface area contributed by atoms with E-state index in [0.717, 1.165) is 12.8 Å². The number of esters is 1. The molecular formula is C11H18N2O4. The minimum Gasteiger partial charge on any atom is -0.469 e. The third-order valence-electron chi connectivity index (χ3n) is 2.97. The Kier molecular flexibility index (Phi) is 4.93. The van der Waals surface area contributed by atoms with Crippen LogP contribution in [0.4, 0.5) is 0 Å². The highest BCUT2D eigenvalue weighted by Gasteiger charge is 2.36. The molecule has 6 nitrogen and oxygen atoms in total. The fraction of sp³-hybridized carbons (Fsp3) is 0.727. The van der Waals surface area contributed by atoms with Crippen molar-refractivity contribution in [1.29, 1.82) is 0 Å². The van der Waals surface area contributed by atoms with E-state index in [0.29, 0.717) is 12.8 Å². The summed E-state index contributed by atoms with van der Waals surface area (Å²) in [5.74, 6) is -1.84. The quantitative estimate of drug-likeness (QED) is 0.532. The van der Waals surface area contributed by atoms with Crippen LogP contribution in [0.2, 0.25) is 0 Å². The number of hydrogen-bond acceptors (Lipinski definition) is 4. The fourth-order valence-corrected chi connectivity index (χ4v) is 2.12. The van der Waals surface area contributed by atoms with Gasteiger partial charge in [0.25, 0.3) is 0 Å². The molecule has 2 atom stereocenters. The van der Waals surface area contributed by atoms with E-state index in [9.17, 15) is 14.4 Å². The first-order valence-electron chi connectivity index (χ1n) is 5.70. The van der Waals surface area contributed by atoms with E-state index in [-0.39, 0.29) is 17.8 Å². The summed E-state index contributed by atoms with van der Waals surface area (Å²) < 4.78 is 4.69. The zero-order valence-corrected chi connectivity index (χ0v) is 10.1. The Hall–Kier alpha value is -1.59. The topological polar surface area (TPSA) is 84.5 Å². The Morgan fingerprint density at radius 3 is 2.18 bits per heavy atom. The molecule has 0 heterocycles. The van der Waals surface area contributed by atoms with Crippen molar-refractivity contribution in [3.8, 4) is 0 Å². The van der Waals surface area contributed by atoms with Gasteiger partial charge in [-0.2, -0.15) is 0 Å². The van der Waals surface area contributed by atoms with Crippen LogP contribution in [0, 0.1) is 11.8 Å². The number of amides is 2. The summed E-state index contributed by atoms with van der Waals surface area (Å²) in [5.41, 5.74) is 4.54. The number of rotatable bonds is 2. The Bertz CT molecular complexity index is 317. The highest BCUT2D eigenvalue weighted by molar-refractivity contribution is 5.87. The highest BCUT2D eigenvalue weighted by Crippen LogP contribution is 2.30. The van der Waals surface area contributed by atoms with Crippen molar-refractivity contribution in [2.75, 3.05) is 7.11 Å². The van der Waals surface area contributed by atoms with Gasteiger partial charge in [-0.25, -0.2) is 0 Å². The second-order valence-corrected chi connectivity index (χ2v) is 4.19. The molecule has 0 aromatic heterocycles. The van der Waals surface area contributed by atoms with Crippen molar-refractivity contribution >= 4 is 17.8 Å². The normalized spacial score (nSPS) is 23.6. The molecule has 17 heavy (non-hydrogen) atoms. The van der Waals surface area contributed by atoms with Gasteiger partial charge < -0.3 is 4.74 Å². The first-order chi connectivity index (χ1) is 8.06. The number of carbonyl (C=O) groups is 3. The molecule has 0 aliphatic heterocycles. The van der Waals surface area contributed by atoms with Gasteiger partial charge in [0.1, 0.15) is 0 Å². The third-order valence-corrected chi connectivity index (χ3v) is 2.97. The maximum atomic E-state index is 11.8. The maximum Gasteiger partial charge on any atom is 0.309 e. The monoisotopic (exact) mass is 242 g/mol. The summed E-state index contributed by atoms with van der Waals surface area (Å²) in [6.07, 6.45) is 3.13. The van der Waals surface area contributed by atoms with Crippen LogP contribution in [-0.4, -0.2) is 24.9 Å². The molecule has 0 saturated heterocycles. The average Bonchev–Trinajstić information content (AvgIpc) is 2.34. The molecule has 1 aliphatic rings. The van der Waals surface area contributed by atoms with E-state index in [4.69, 9.17) is 0 Å². The lowest BCUT2D eigenvalue weighted by molar-refractivity contribution is -0.152. The van der Waals surface area contributed by atoms with Crippen molar-refractivity contribution in [3.63, 3.8) is 0 Å². The Labute approximate surface area is 100 Å². The molecule has 0 spiro atoms. The van der Waals surface area contributed by atoms with E-state index < -0.39 is 11.8 Å². The van der Waals surface area contributed by atoms with Crippen molar-refractivity contribution in [1.82, 2.24) is 10.9 Å². The zero-order chi connectivity index (χ0) is 12.8. The van der Waals surface area contributed by atoms with Crippen LogP contribution in [-0.2, 0) is 19.1 Å². The first kappa shape index (κ1) is 13.5. The number of methoxy groups -OCH3 is 1. The molecule has 2 unspecified atom stereocenters. The molecule has 2 N–H and O–H groups in total. The van der Waals surface area contributed by atoms with Gasteiger partial charge in [0.05, 0.1) is 18.9 Å². The average molecular weight is 242 g/mol. The Morgan fingerprint density at radius 2 is 1.65 bits per heavy atom. The van der Waals surface area contributed by atoms with Crippen LogP contribution in [0.3, 0.4) is 0 Å². The predicted octanol–water partition coefficient (Wildman–Crippen LogP) is 0.133. The number of carbonyl (C=O) groups excluding carboxylic acids is 3. The molecule has 96 valence electrons. The van der Waals surface area contributed by atoms with Crippen LogP contribution in [0.15, 0.2) is 0 Å². The lowest BCUT2D eigenvalue weighted by atomic mass is 9.79.